The van der Waals surface area contributed by atoms with Crippen molar-refractivity contribution in [1.82, 2.24) is 9.55 Å². The van der Waals surface area contributed by atoms with Crippen LogP contribution in [-0.4, -0.2) is 9.55 Å². The fourth-order valence-electron chi connectivity index (χ4n) is 2.71. The number of rotatable bonds is 3. The van der Waals surface area contributed by atoms with Crippen molar-refractivity contribution in [3.63, 3.8) is 0 Å². The molecular formula is C20H14FN3O. The highest BCUT2D eigenvalue weighted by Crippen LogP contribution is 2.20. The van der Waals surface area contributed by atoms with Gasteiger partial charge in [-0.2, -0.15) is 0 Å². The molecule has 25 heavy (non-hydrogen) atoms. The Labute approximate surface area is 143 Å². The van der Waals surface area contributed by atoms with Gasteiger partial charge in [0.2, 0.25) is 5.95 Å². The quantitative estimate of drug-likeness (QED) is 0.610. The number of fused-ring (bicyclic) bond motifs is 1. The van der Waals surface area contributed by atoms with Gasteiger partial charge in [-0.3, -0.25) is 4.79 Å². The Morgan fingerprint density at radius 3 is 2.28 bits per heavy atom. The van der Waals surface area contributed by atoms with Crippen LogP contribution in [0.15, 0.2) is 83.7 Å². The van der Waals surface area contributed by atoms with Gasteiger partial charge in [0, 0.05) is 5.69 Å². The first-order chi connectivity index (χ1) is 12.2. The molecule has 0 aliphatic rings. The molecule has 3 aromatic carbocycles. The lowest BCUT2D eigenvalue weighted by Gasteiger charge is -2.15. The van der Waals surface area contributed by atoms with Crippen LogP contribution in [0, 0.1) is 5.82 Å². The van der Waals surface area contributed by atoms with Gasteiger partial charge in [-0.1, -0.05) is 36.4 Å². The third-order valence-corrected chi connectivity index (χ3v) is 3.87. The van der Waals surface area contributed by atoms with Crippen molar-refractivity contribution in [2.75, 3.05) is 5.32 Å². The van der Waals surface area contributed by atoms with Crippen LogP contribution in [0.5, 0.6) is 0 Å². The van der Waals surface area contributed by atoms with Gasteiger partial charge in [0.05, 0.1) is 16.6 Å². The van der Waals surface area contributed by atoms with E-state index in [1.165, 1.54) is 22.8 Å². The fourth-order valence-corrected chi connectivity index (χ4v) is 2.71. The first-order valence-electron chi connectivity index (χ1n) is 7.82. The zero-order chi connectivity index (χ0) is 17.2. The SMILES string of the molecule is O=c1c2cc(F)ccc2nc(Nc2ccccc2)n1-c1ccccc1. The summed E-state index contributed by atoms with van der Waals surface area (Å²) in [6, 6.07) is 22.7. The zero-order valence-electron chi connectivity index (χ0n) is 13.2. The van der Waals surface area contributed by atoms with Crippen molar-refractivity contribution in [3.05, 3.63) is 95.0 Å². The summed E-state index contributed by atoms with van der Waals surface area (Å²) in [6.45, 7) is 0. The van der Waals surface area contributed by atoms with Crippen molar-refractivity contribution in [3.8, 4) is 5.69 Å². The van der Waals surface area contributed by atoms with Crippen LogP contribution < -0.4 is 10.9 Å². The summed E-state index contributed by atoms with van der Waals surface area (Å²) < 4.78 is 15.1. The van der Waals surface area contributed by atoms with E-state index in [-0.39, 0.29) is 10.9 Å². The van der Waals surface area contributed by atoms with Crippen LogP contribution in [0.25, 0.3) is 16.6 Å². The number of aromatic nitrogens is 2. The second kappa shape index (κ2) is 6.20. The van der Waals surface area contributed by atoms with Crippen LogP contribution in [0.1, 0.15) is 0 Å². The van der Waals surface area contributed by atoms with Gasteiger partial charge in [0.1, 0.15) is 5.82 Å². The number of benzene rings is 3. The van der Waals surface area contributed by atoms with Crippen LogP contribution in [0.4, 0.5) is 16.0 Å². The molecule has 0 aliphatic carbocycles. The lowest BCUT2D eigenvalue weighted by molar-refractivity contribution is 0.629. The molecule has 0 unspecified atom stereocenters. The molecule has 1 heterocycles. The summed E-state index contributed by atoms with van der Waals surface area (Å²) in [4.78, 5) is 17.5. The molecule has 0 aliphatic heterocycles. The molecule has 0 amide bonds. The number of halogens is 1. The van der Waals surface area contributed by atoms with E-state index in [4.69, 9.17) is 0 Å². The summed E-state index contributed by atoms with van der Waals surface area (Å²) in [7, 11) is 0. The Morgan fingerprint density at radius 1 is 0.880 bits per heavy atom. The predicted octanol–water partition coefficient (Wildman–Crippen LogP) is 4.27. The first kappa shape index (κ1) is 15.1. The maximum absolute atomic E-state index is 13.6. The van der Waals surface area contributed by atoms with E-state index in [0.717, 1.165) is 5.69 Å². The Hall–Kier alpha value is -3.47. The predicted molar refractivity (Wildman–Crippen MR) is 97.0 cm³/mol. The van der Waals surface area contributed by atoms with E-state index in [1.807, 2.05) is 60.7 Å². The van der Waals surface area contributed by atoms with Crippen molar-refractivity contribution in [2.24, 2.45) is 0 Å². The van der Waals surface area contributed by atoms with E-state index in [0.29, 0.717) is 17.2 Å². The zero-order valence-corrected chi connectivity index (χ0v) is 13.2. The maximum Gasteiger partial charge on any atom is 0.267 e. The van der Waals surface area contributed by atoms with Crippen molar-refractivity contribution < 1.29 is 4.39 Å². The Bertz CT molecular complexity index is 1090. The van der Waals surface area contributed by atoms with Crippen LogP contribution in [0.2, 0.25) is 0 Å². The highest BCUT2D eigenvalue weighted by atomic mass is 19.1. The summed E-state index contributed by atoms with van der Waals surface area (Å²) in [5, 5.41) is 3.42. The summed E-state index contributed by atoms with van der Waals surface area (Å²) >= 11 is 0. The molecule has 4 aromatic rings. The molecule has 0 bridgehead atoms. The number of anilines is 2. The molecule has 0 radical (unpaired) electrons. The van der Waals surface area contributed by atoms with Gasteiger partial charge >= 0.3 is 0 Å². The van der Waals surface area contributed by atoms with Crippen molar-refractivity contribution in [2.45, 2.75) is 0 Å². The lowest BCUT2D eigenvalue weighted by Crippen LogP contribution is -2.22. The van der Waals surface area contributed by atoms with Crippen LogP contribution in [-0.2, 0) is 0 Å². The van der Waals surface area contributed by atoms with E-state index in [2.05, 4.69) is 10.3 Å². The van der Waals surface area contributed by atoms with Crippen molar-refractivity contribution >= 4 is 22.5 Å². The summed E-state index contributed by atoms with van der Waals surface area (Å²) in [6.07, 6.45) is 0. The summed E-state index contributed by atoms with van der Waals surface area (Å²) in [5.74, 6) is -0.0868. The topological polar surface area (TPSA) is 46.9 Å². The standard InChI is InChI=1S/C20H14FN3O/c21-14-11-12-18-17(13-14)19(25)24(16-9-5-2-6-10-16)20(23-18)22-15-7-3-1-4-8-15/h1-13H,(H,22,23). The molecular weight excluding hydrogens is 317 g/mol. The molecule has 0 spiro atoms. The third kappa shape index (κ3) is 2.87. The highest BCUT2D eigenvalue weighted by molar-refractivity contribution is 5.80. The Morgan fingerprint density at radius 2 is 1.56 bits per heavy atom. The van der Waals surface area contributed by atoms with Crippen molar-refractivity contribution in [1.29, 1.82) is 0 Å². The van der Waals surface area contributed by atoms with Gasteiger partial charge < -0.3 is 5.32 Å². The van der Waals surface area contributed by atoms with Gasteiger partial charge in [-0.25, -0.2) is 13.9 Å². The number of nitrogens with one attached hydrogen (secondary N) is 1. The number of para-hydroxylation sites is 2. The molecule has 0 fully saturated rings. The number of hydrogen-bond donors (Lipinski definition) is 1. The molecule has 0 saturated carbocycles. The fraction of sp³-hybridized carbons (Fsp3) is 0. The monoisotopic (exact) mass is 331 g/mol. The Balaban J connectivity index is 1.99. The minimum atomic E-state index is -0.463. The molecule has 5 heteroatoms. The largest absolute Gasteiger partial charge is 0.325 e. The van der Waals surface area contributed by atoms with E-state index < -0.39 is 5.82 Å². The lowest BCUT2D eigenvalue weighted by atomic mass is 10.2. The molecule has 4 nitrogen and oxygen atoms in total. The minimum Gasteiger partial charge on any atom is -0.325 e. The average molecular weight is 331 g/mol. The van der Waals surface area contributed by atoms with Crippen LogP contribution >= 0.6 is 0 Å². The third-order valence-electron chi connectivity index (χ3n) is 3.87. The van der Waals surface area contributed by atoms with E-state index >= 15 is 0 Å². The van der Waals surface area contributed by atoms with E-state index in [1.54, 1.807) is 0 Å². The molecule has 1 aromatic heterocycles. The molecule has 0 saturated heterocycles. The van der Waals surface area contributed by atoms with Gasteiger partial charge in [0.25, 0.3) is 5.56 Å². The Kier molecular flexibility index (Phi) is 3.74. The summed E-state index contributed by atoms with van der Waals surface area (Å²) in [5.41, 5.74) is 1.58. The number of nitrogens with zero attached hydrogens (tertiary/aromatic N) is 2. The minimum absolute atomic E-state index is 0.238. The molecule has 0 atom stereocenters. The van der Waals surface area contributed by atoms with Crippen LogP contribution in [0.3, 0.4) is 0 Å². The highest BCUT2D eigenvalue weighted by Gasteiger charge is 2.13. The van der Waals surface area contributed by atoms with Gasteiger partial charge in [0.15, 0.2) is 0 Å². The molecule has 122 valence electrons. The maximum atomic E-state index is 13.6. The van der Waals surface area contributed by atoms with Gasteiger partial charge in [-0.05, 0) is 42.5 Å². The molecule has 4 rings (SSSR count). The molecule has 1 N–H and O–H groups in total. The average Bonchev–Trinajstić information content (AvgIpc) is 2.64. The second-order valence-electron chi connectivity index (χ2n) is 5.56. The van der Waals surface area contributed by atoms with Gasteiger partial charge in [-0.15, -0.1) is 0 Å². The second-order valence-corrected chi connectivity index (χ2v) is 5.56. The normalized spacial score (nSPS) is 10.8. The first-order valence-corrected chi connectivity index (χ1v) is 7.82. The smallest absolute Gasteiger partial charge is 0.267 e. The van der Waals surface area contributed by atoms with E-state index in [9.17, 15) is 9.18 Å². The number of hydrogen-bond acceptors (Lipinski definition) is 3.